The molecule has 0 N–H and O–H groups in total. The maximum absolute atomic E-state index is 13.3. The van der Waals surface area contributed by atoms with Crippen molar-refractivity contribution < 1.29 is 4.74 Å². The molecule has 8 nitrogen and oxygen atoms in total. The quantitative estimate of drug-likeness (QED) is 0.394. The number of ether oxygens (including phenoxy) is 1. The highest BCUT2D eigenvalue weighted by Gasteiger charge is 2.21. The molecule has 0 saturated carbocycles. The van der Waals surface area contributed by atoms with E-state index in [0.717, 1.165) is 28.2 Å². The van der Waals surface area contributed by atoms with Crippen LogP contribution < -0.4 is 10.3 Å². The van der Waals surface area contributed by atoms with Crippen molar-refractivity contribution in [2.24, 2.45) is 7.05 Å². The van der Waals surface area contributed by atoms with Crippen molar-refractivity contribution in [3.63, 3.8) is 0 Å². The molecule has 0 radical (unpaired) electrons. The van der Waals surface area contributed by atoms with Crippen molar-refractivity contribution in [2.45, 2.75) is 53.6 Å². The lowest BCUT2D eigenvalue weighted by atomic mass is 9.95. The average molecular weight is 493 g/mol. The van der Waals surface area contributed by atoms with Crippen molar-refractivity contribution >= 4 is 11.6 Å². The fraction of sp³-hybridized carbons (Fsp3) is 0.346. The van der Waals surface area contributed by atoms with E-state index in [1.54, 1.807) is 11.6 Å². The Morgan fingerprint density at radius 1 is 1.06 bits per heavy atom. The molecule has 0 unspecified atom stereocenters. The third-order valence-electron chi connectivity index (χ3n) is 5.66. The Labute approximate surface area is 209 Å². The SMILES string of the molecule is Cc1ccc(-c2nc(C(C)(C)C)ncc2C)cc1-n1c(C)nc(OCc2ccn(C)n2)c(Cl)c1=O. The first-order valence-electron chi connectivity index (χ1n) is 11.3. The minimum atomic E-state index is -0.398. The predicted octanol–water partition coefficient (Wildman–Crippen LogP) is 4.88. The summed E-state index contributed by atoms with van der Waals surface area (Å²) >= 11 is 6.43. The van der Waals surface area contributed by atoms with Crippen LogP contribution in [0.15, 0.2) is 41.5 Å². The summed E-state index contributed by atoms with van der Waals surface area (Å²) in [5.74, 6) is 1.31. The smallest absolute Gasteiger partial charge is 0.280 e. The van der Waals surface area contributed by atoms with Gasteiger partial charge in [0.05, 0.1) is 17.1 Å². The summed E-state index contributed by atoms with van der Waals surface area (Å²) in [6, 6.07) is 7.74. The van der Waals surface area contributed by atoms with Gasteiger partial charge in [0.25, 0.3) is 5.56 Å². The van der Waals surface area contributed by atoms with Crippen molar-refractivity contribution in [1.29, 1.82) is 0 Å². The van der Waals surface area contributed by atoms with Crippen LogP contribution in [-0.4, -0.2) is 29.3 Å². The third-order valence-corrected chi connectivity index (χ3v) is 5.98. The van der Waals surface area contributed by atoms with Gasteiger partial charge in [0.2, 0.25) is 5.88 Å². The number of rotatable bonds is 5. The van der Waals surface area contributed by atoms with Gasteiger partial charge in [-0.15, -0.1) is 0 Å². The highest BCUT2D eigenvalue weighted by Crippen LogP contribution is 2.29. The maximum atomic E-state index is 13.3. The molecule has 4 rings (SSSR count). The van der Waals surface area contributed by atoms with Gasteiger partial charge in [-0.2, -0.15) is 10.1 Å². The Hall–Kier alpha value is -3.52. The summed E-state index contributed by atoms with van der Waals surface area (Å²) in [4.78, 5) is 27.2. The van der Waals surface area contributed by atoms with Gasteiger partial charge >= 0.3 is 0 Å². The van der Waals surface area contributed by atoms with E-state index in [0.29, 0.717) is 17.2 Å². The number of aromatic nitrogens is 6. The molecule has 0 atom stereocenters. The van der Waals surface area contributed by atoms with E-state index >= 15 is 0 Å². The zero-order chi connectivity index (χ0) is 25.5. The van der Waals surface area contributed by atoms with Gasteiger partial charge in [-0.1, -0.05) is 44.5 Å². The van der Waals surface area contributed by atoms with Crippen LogP contribution in [0.1, 0.15) is 49.2 Å². The fourth-order valence-electron chi connectivity index (χ4n) is 3.74. The van der Waals surface area contributed by atoms with Crippen LogP contribution in [0.3, 0.4) is 0 Å². The molecule has 0 saturated heterocycles. The zero-order valence-corrected chi connectivity index (χ0v) is 21.8. The summed E-state index contributed by atoms with van der Waals surface area (Å²) in [5.41, 5.74) is 4.38. The van der Waals surface area contributed by atoms with E-state index in [1.165, 1.54) is 4.57 Å². The Bertz CT molecular complexity index is 1470. The van der Waals surface area contributed by atoms with Crippen LogP contribution in [-0.2, 0) is 19.1 Å². The van der Waals surface area contributed by atoms with Crippen LogP contribution in [0.2, 0.25) is 5.02 Å². The Morgan fingerprint density at radius 3 is 2.46 bits per heavy atom. The number of aryl methyl sites for hydroxylation is 4. The molecule has 3 aromatic heterocycles. The molecule has 9 heteroatoms. The second kappa shape index (κ2) is 9.26. The lowest BCUT2D eigenvalue weighted by Gasteiger charge is -2.19. The fourth-order valence-corrected chi connectivity index (χ4v) is 3.92. The summed E-state index contributed by atoms with van der Waals surface area (Å²) in [6.45, 7) is 12.1. The number of halogens is 1. The molecule has 3 heterocycles. The normalized spacial score (nSPS) is 11.7. The first-order valence-corrected chi connectivity index (χ1v) is 11.7. The molecule has 0 aliphatic carbocycles. The summed E-state index contributed by atoms with van der Waals surface area (Å²) in [6.07, 6.45) is 3.66. The average Bonchev–Trinajstić information content (AvgIpc) is 3.21. The minimum absolute atomic E-state index is 0.0791. The van der Waals surface area contributed by atoms with E-state index < -0.39 is 5.56 Å². The molecule has 0 aliphatic heterocycles. The van der Waals surface area contributed by atoms with E-state index in [-0.39, 0.29) is 22.9 Å². The van der Waals surface area contributed by atoms with E-state index in [9.17, 15) is 4.79 Å². The monoisotopic (exact) mass is 492 g/mol. The topological polar surface area (TPSA) is 87.7 Å². The van der Waals surface area contributed by atoms with E-state index in [2.05, 4.69) is 35.8 Å². The minimum Gasteiger partial charge on any atom is -0.470 e. The van der Waals surface area contributed by atoms with Crippen LogP contribution in [0.5, 0.6) is 5.88 Å². The zero-order valence-electron chi connectivity index (χ0n) is 21.0. The summed E-state index contributed by atoms with van der Waals surface area (Å²) in [5, 5.41) is 4.19. The molecule has 0 bridgehead atoms. The van der Waals surface area contributed by atoms with Crippen molar-refractivity contribution in [3.8, 4) is 22.8 Å². The Morgan fingerprint density at radius 2 is 1.80 bits per heavy atom. The number of hydrogen-bond acceptors (Lipinski definition) is 6. The van der Waals surface area contributed by atoms with Gasteiger partial charge in [-0.3, -0.25) is 14.0 Å². The first-order chi connectivity index (χ1) is 16.5. The lowest BCUT2D eigenvalue weighted by molar-refractivity contribution is 0.286. The lowest BCUT2D eigenvalue weighted by Crippen LogP contribution is -2.24. The van der Waals surface area contributed by atoms with E-state index in [4.69, 9.17) is 21.3 Å². The second-order valence-corrected chi connectivity index (χ2v) is 10.0. The van der Waals surface area contributed by atoms with Crippen molar-refractivity contribution in [2.75, 3.05) is 0 Å². The molecular formula is C26H29ClN6O2. The molecule has 1 aromatic carbocycles. The molecule has 0 fully saturated rings. The summed E-state index contributed by atoms with van der Waals surface area (Å²) in [7, 11) is 1.82. The van der Waals surface area contributed by atoms with Gasteiger partial charge in [0.15, 0.2) is 5.02 Å². The molecule has 0 spiro atoms. The van der Waals surface area contributed by atoms with Crippen molar-refractivity contribution in [1.82, 2.24) is 29.3 Å². The number of benzene rings is 1. The molecule has 182 valence electrons. The Kier molecular flexibility index (Phi) is 6.51. The van der Waals surface area contributed by atoms with Crippen LogP contribution >= 0.6 is 11.6 Å². The first kappa shape index (κ1) is 24.6. The van der Waals surface area contributed by atoms with Crippen LogP contribution in [0.4, 0.5) is 0 Å². The van der Waals surface area contributed by atoms with Crippen molar-refractivity contribution in [3.05, 3.63) is 80.5 Å². The Balaban J connectivity index is 1.76. The van der Waals surface area contributed by atoms with Gasteiger partial charge in [0.1, 0.15) is 18.3 Å². The van der Waals surface area contributed by atoms with Gasteiger partial charge in [-0.25, -0.2) is 9.97 Å². The number of hydrogen-bond donors (Lipinski definition) is 0. The van der Waals surface area contributed by atoms with Crippen LogP contribution in [0.25, 0.3) is 16.9 Å². The largest absolute Gasteiger partial charge is 0.470 e. The summed E-state index contributed by atoms with van der Waals surface area (Å²) < 4.78 is 8.91. The highest BCUT2D eigenvalue weighted by molar-refractivity contribution is 6.31. The van der Waals surface area contributed by atoms with Gasteiger partial charge in [0, 0.05) is 30.4 Å². The van der Waals surface area contributed by atoms with Gasteiger partial charge in [-0.05, 0) is 44.0 Å². The molecule has 35 heavy (non-hydrogen) atoms. The highest BCUT2D eigenvalue weighted by atomic mass is 35.5. The maximum Gasteiger partial charge on any atom is 0.280 e. The molecule has 0 amide bonds. The van der Waals surface area contributed by atoms with E-state index in [1.807, 2.05) is 57.6 Å². The molecule has 4 aromatic rings. The van der Waals surface area contributed by atoms with Gasteiger partial charge < -0.3 is 4.74 Å². The number of nitrogens with zero attached hydrogens (tertiary/aromatic N) is 6. The second-order valence-electron chi connectivity index (χ2n) is 9.66. The molecule has 0 aliphatic rings. The standard InChI is InChI=1S/C26H29ClN6O2/c1-15-8-9-18(22-16(2)13-28-25(30-22)26(4,5)6)12-20(15)33-17(3)29-23(21(27)24(33)34)35-14-19-10-11-32(7)31-19/h8-13H,14H2,1-7H3. The third kappa shape index (κ3) is 4.98. The molecular weight excluding hydrogens is 464 g/mol. The van der Waals surface area contributed by atoms with Crippen LogP contribution in [0, 0.1) is 20.8 Å². The predicted molar refractivity (Wildman–Crippen MR) is 136 cm³/mol.